The molecule has 0 radical (unpaired) electrons. The third-order valence-corrected chi connectivity index (χ3v) is 3.57. The molecule has 0 aliphatic carbocycles. The molecule has 2 rings (SSSR count). The van der Waals surface area contributed by atoms with Crippen LogP contribution in [0.2, 0.25) is 0 Å². The predicted molar refractivity (Wildman–Crippen MR) is 68.3 cm³/mol. The molecule has 0 atom stereocenters. The van der Waals surface area contributed by atoms with E-state index in [-0.39, 0.29) is 6.42 Å². The van der Waals surface area contributed by atoms with Crippen LogP contribution in [0.1, 0.15) is 11.1 Å². The van der Waals surface area contributed by atoms with Crippen molar-refractivity contribution in [2.75, 3.05) is 0 Å². The second kappa shape index (κ2) is 5.68. The van der Waals surface area contributed by atoms with Crippen LogP contribution >= 0.6 is 11.8 Å². The van der Waals surface area contributed by atoms with Gasteiger partial charge in [0.1, 0.15) is 6.33 Å². The van der Waals surface area contributed by atoms with Gasteiger partial charge in [-0.2, -0.15) is 0 Å². The van der Waals surface area contributed by atoms with Crippen molar-refractivity contribution < 1.29 is 9.90 Å². The fourth-order valence-corrected chi connectivity index (χ4v) is 2.50. The number of aliphatic carboxylic acids is 1. The molecular weight excluding hydrogens is 250 g/mol. The minimum Gasteiger partial charge on any atom is -0.481 e. The van der Waals surface area contributed by atoms with Gasteiger partial charge in [0, 0.05) is 12.8 Å². The minimum absolute atomic E-state index is 0.0511. The molecule has 1 aromatic carbocycles. The first-order valence-corrected chi connectivity index (χ1v) is 6.40. The lowest BCUT2D eigenvalue weighted by atomic mass is 10.1. The molecule has 1 heterocycles. The number of benzene rings is 1. The Hall–Kier alpha value is -1.82. The first kappa shape index (κ1) is 12.6. The van der Waals surface area contributed by atoms with Crippen molar-refractivity contribution in [2.45, 2.75) is 17.3 Å². The lowest BCUT2D eigenvalue weighted by Gasteiger charge is -2.06. The van der Waals surface area contributed by atoms with Crippen LogP contribution in [0.3, 0.4) is 0 Å². The van der Waals surface area contributed by atoms with Crippen LogP contribution in [-0.4, -0.2) is 25.8 Å². The fraction of sp³-hybridized carbons (Fsp3) is 0.250. The average molecular weight is 263 g/mol. The Labute approximate surface area is 109 Å². The van der Waals surface area contributed by atoms with Gasteiger partial charge < -0.3 is 9.67 Å². The number of aryl methyl sites for hydroxylation is 1. The maximum atomic E-state index is 10.8. The van der Waals surface area contributed by atoms with Gasteiger partial charge >= 0.3 is 5.97 Å². The smallest absolute Gasteiger partial charge is 0.307 e. The summed E-state index contributed by atoms with van der Waals surface area (Å²) in [7, 11) is 1.88. The number of thioether (sulfide) groups is 1. The Bertz CT molecular complexity index is 554. The highest BCUT2D eigenvalue weighted by molar-refractivity contribution is 7.98. The molecule has 2 aromatic rings. The molecule has 0 amide bonds. The van der Waals surface area contributed by atoms with Crippen LogP contribution < -0.4 is 0 Å². The summed E-state index contributed by atoms with van der Waals surface area (Å²) in [5.41, 5.74) is 1.87. The van der Waals surface area contributed by atoms with Crippen LogP contribution in [-0.2, 0) is 24.0 Å². The average Bonchev–Trinajstić information content (AvgIpc) is 2.73. The summed E-state index contributed by atoms with van der Waals surface area (Å²) in [5, 5.41) is 17.5. The van der Waals surface area contributed by atoms with Gasteiger partial charge in [-0.15, -0.1) is 10.2 Å². The highest BCUT2D eigenvalue weighted by Gasteiger charge is 2.08. The van der Waals surface area contributed by atoms with Gasteiger partial charge in [-0.05, 0) is 11.1 Å². The largest absolute Gasteiger partial charge is 0.481 e. The third kappa shape index (κ3) is 3.10. The summed E-state index contributed by atoms with van der Waals surface area (Å²) in [6.45, 7) is 0. The van der Waals surface area contributed by atoms with Gasteiger partial charge in [0.25, 0.3) is 0 Å². The Morgan fingerprint density at radius 2 is 2.11 bits per heavy atom. The highest BCUT2D eigenvalue weighted by atomic mass is 32.2. The predicted octanol–water partition coefficient (Wildman–Crippen LogP) is 1.73. The summed E-state index contributed by atoms with van der Waals surface area (Å²) >= 11 is 1.54. The second-order valence-corrected chi connectivity index (χ2v) is 4.79. The monoisotopic (exact) mass is 263 g/mol. The third-order valence-electron chi connectivity index (χ3n) is 2.49. The van der Waals surface area contributed by atoms with Crippen molar-refractivity contribution >= 4 is 17.7 Å². The fourth-order valence-electron chi connectivity index (χ4n) is 1.58. The number of carbonyl (C=O) groups is 1. The first-order chi connectivity index (χ1) is 8.66. The van der Waals surface area contributed by atoms with Crippen molar-refractivity contribution in [1.29, 1.82) is 0 Å². The van der Waals surface area contributed by atoms with Gasteiger partial charge in [0.15, 0.2) is 5.16 Å². The van der Waals surface area contributed by atoms with E-state index in [4.69, 9.17) is 5.11 Å². The number of rotatable bonds is 5. The van der Waals surface area contributed by atoms with Crippen LogP contribution in [0.25, 0.3) is 0 Å². The molecule has 0 saturated heterocycles. The number of hydrogen-bond donors (Lipinski definition) is 1. The summed E-state index contributed by atoms with van der Waals surface area (Å²) in [4.78, 5) is 10.8. The Morgan fingerprint density at radius 1 is 1.39 bits per heavy atom. The molecule has 18 heavy (non-hydrogen) atoms. The van der Waals surface area contributed by atoms with Crippen molar-refractivity contribution in [1.82, 2.24) is 14.8 Å². The molecule has 0 aliphatic rings. The van der Waals surface area contributed by atoms with Crippen LogP contribution in [0.15, 0.2) is 35.7 Å². The van der Waals surface area contributed by atoms with Crippen molar-refractivity contribution in [2.24, 2.45) is 7.05 Å². The van der Waals surface area contributed by atoms with Gasteiger partial charge in [0.2, 0.25) is 0 Å². The van der Waals surface area contributed by atoms with Crippen molar-refractivity contribution in [3.05, 3.63) is 41.7 Å². The standard InChI is InChI=1S/C12H13N3O2S/c1-15-8-13-14-12(15)18-7-10-5-3-2-4-9(10)6-11(16)17/h2-5,8H,6-7H2,1H3,(H,16,17). The van der Waals surface area contributed by atoms with Gasteiger partial charge in [-0.25, -0.2) is 0 Å². The van der Waals surface area contributed by atoms with Gasteiger partial charge in [-0.3, -0.25) is 4.79 Å². The Morgan fingerprint density at radius 3 is 2.72 bits per heavy atom. The Kier molecular flexibility index (Phi) is 3.99. The number of aromatic nitrogens is 3. The molecule has 0 bridgehead atoms. The highest BCUT2D eigenvalue weighted by Crippen LogP contribution is 2.22. The van der Waals surface area contributed by atoms with Crippen molar-refractivity contribution in [3.63, 3.8) is 0 Å². The van der Waals surface area contributed by atoms with E-state index >= 15 is 0 Å². The Balaban J connectivity index is 2.09. The maximum Gasteiger partial charge on any atom is 0.307 e. The quantitative estimate of drug-likeness (QED) is 0.832. The van der Waals surface area contributed by atoms with E-state index < -0.39 is 5.97 Å². The molecule has 1 N–H and O–H groups in total. The molecule has 1 aromatic heterocycles. The van der Waals surface area contributed by atoms with E-state index in [1.165, 1.54) is 0 Å². The normalized spacial score (nSPS) is 10.5. The second-order valence-electron chi connectivity index (χ2n) is 3.85. The zero-order valence-electron chi connectivity index (χ0n) is 9.91. The summed E-state index contributed by atoms with van der Waals surface area (Å²) in [6.07, 6.45) is 1.70. The molecule has 0 unspecified atom stereocenters. The number of carboxylic acids is 1. The molecule has 0 saturated carbocycles. The molecule has 94 valence electrons. The number of hydrogen-bond acceptors (Lipinski definition) is 4. The topological polar surface area (TPSA) is 68.0 Å². The maximum absolute atomic E-state index is 10.8. The molecule has 0 fully saturated rings. The molecular formula is C12H13N3O2S. The van der Waals surface area contributed by atoms with Crippen LogP contribution in [0, 0.1) is 0 Å². The van der Waals surface area contributed by atoms with Crippen molar-refractivity contribution in [3.8, 4) is 0 Å². The van der Waals surface area contributed by atoms with E-state index in [1.54, 1.807) is 18.1 Å². The number of nitrogens with zero attached hydrogens (tertiary/aromatic N) is 3. The van der Waals surface area contributed by atoms with E-state index in [0.717, 1.165) is 16.3 Å². The molecule has 0 aliphatic heterocycles. The van der Waals surface area contributed by atoms with E-state index in [0.29, 0.717) is 5.75 Å². The lowest BCUT2D eigenvalue weighted by molar-refractivity contribution is -0.136. The summed E-state index contributed by atoms with van der Waals surface area (Å²) in [5.74, 6) is -0.123. The summed E-state index contributed by atoms with van der Waals surface area (Å²) < 4.78 is 1.84. The van der Waals surface area contributed by atoms with E-state index in [9.17, 15) is 4.79 Å². The van der Waals surface area contributed by atoms with Gasteiger partial charge in [-0.1, -0.05) is 36.0 Å². The molecule has 5 nitrogen and oxygen atoms in total. The zero-order valence-corrected chi connectivity index (χ0v) is 10.7. The number of carboxylic acid groups (broad SMARTS) is 1. The van der Waals surface area contributed by atoms with E-state index in [1.807, 2.05) is 35.9 Å². The zero-order chi connectivity index (χ0) is 13.0. The van der Waals surface area contributed by atoms with E-state index in [2.05, 4.69) is 10.2 Å². The molecule has 6 heteroatoms. The molecule has 0 spiro atoms. The lowest BCUT2D eigenvalue weighted by Crippen LogP contribution is -2.03. The minimum atomic E-state index is -0.814. The van der Waals surface area contributed by atoms with Crippen LogP contribution in [0.5, 0.6) is 0 Å². The summed E-state index contributed by atoms with van der Waals surface area (Å²) in [6, 6.07) is 7.56. The van der Waals surface area contributed by atoms with Crippen LogP contribution in [0.4, 0.5) is 0 Å². The van der Waals surface area contributed by atoms with Gasteiger partial charge in [0.05, 0.1) is 6.42 Å². The SMILES string of the molecule is Cn1cnnc1SCc1ccccc1CC(=O)O. The first-order valence-electron chi connectivity index (χ1n) is 5.42.